The van der Waals surface area contributed by atoms with Gasteiger partial charge in [-0.1, -0.05) is 19.4 Å². The van der Waals surface area contributed by atoms with Crippen LogP contribution in [0.15, 0.2) is 35.0 Å². The van der Waals surface area contributed by atoms with Crippen LogP contribution in [0.2, 0.25) is 0 Å². The third-order valence-corrected chi connectivity index (χ3v) is 5.48. The Balaban J connectivity index is 1.43. The van der Waals surface area contributed by atoms with Crippen molar-refractivity contribution in [1.82, 2.24) is 5.32 Å². The predicted octanol–water partition coefficient (Wildman–Crippen LogP) is 4.06. The van der Waals surface area contributed by atoms with Gasteiger partial charge in [0.2, 0.25) is 5.91 Å². The standard InChI is InChI=1S/C21H27N3O2S/c1-2-3-11-24-12-8-16-6-7-18(14-19(16)24)23-20(25)5-4-10-22-21(26)17-9-13-27-15-17/h6-7,9,13-15H,2-5,8,10-12H2,1H3,(H,22,26)(H,23,25). The van der Waals surface area contributed by atoms with E-state index >= 15 is 0 Å². The lowest BCUT2D eigenvalue weighted by atomic mass is 10.1. The number of hydrogen-bond donors (Lipinski definition) is 2. The normalized spacial score (nSPS) is 12.7. The van der Waals surface area contributed by atoms with Crippen LogP contribution in [0.1, 0.15) is 48.5 Å². The number of hydrogen-bond acceptors (Lipinski definition) is 4. The van der Waals surface area contributed by atoms with Crippen molar-refractivity contribution < 1.29 is 9.59 Å². The van der Waals surface area contributed by atoms with Crippen LogP contribution in [-0.2, 0) is 11.2 Å². The number of unbranched alkanes of at least 4 members (excludes halogenated alkanes) is 1. The lowest BCUT2D eigenvalue weighted by molar-refractivity contribution is -0.116. The highest BCUT2D eigenvalue weighted by atomic mass is 32.1. The number of nitrogens with zero attached hydrogens (tertiary/aromatic N) is 1. The maximum atomic E-state index is 12.2. The molecule has 6 heteroatoms. The summed E-state index contributed by atoms with van der Waals surface area (Å²) in [6, 6.07) is 8.00. The van der Waals surface area contributed by atoms with Gasteiger partial charge in [-0.2, -0.15) is 11.3 Å². The third kappa shape index (κ3) is 5.32. The molecule has 1 aromatic carbocycles. The van der Waals surface area contributed by atoms with E-state index in [4.69, 9.17) is 0 Å². The van der Waals surface area contributed by atoms with E-state index in [1.807, 2.05) is 16.8 Å². The summed E-state index contributed by atoms with van der Waals surface area (Å²) >= 11 is 1.50. The molecule has 2 amide bonds. The van der Waals surface area contributed by atoms with Crippen LogP contribution in [0, 0.1) is 0 Å². The van der Waals surface area contributed by atoms with Gasteiger partial charge >= 0.3 is 0 Å². The summed E-state index contributed by atoms with van der Waals surface area (Å²) < 4.78 is 0. The van der Waals surface area contributed by atoms with Gasteiger partial charge in [0.25, 0.3) is 5.91 Å². The molecular formula is C21H27N3O2S. The molecule has 3 rings (SSSR count). The van der Waals surface area contributed by atoms with E-state index < -0.39 is 0 Å². The molecule has 27 heavy (non-hydrogen) atoms. The number of nitrogens with one attached hydrogen (secondary N) is 2. The van der Waals surface area contributed by atoms with E-state index in [0.717, 1.165) is 25.2 Å². The lowest BCUT2D eigenvalue weighted by Gasteiger charge is -2.19. The highest BCUT2D eigenvalue weighted by molar-refractivity contribution is 7.08. The average molecular weight is 386 g/mol. The molecule has 0 spiro atoms. The van der Waals surface area contributed by atoms with Crippen LogP contribution < -0.4 is 15.5 Å². The molecular weight excluding hydrogens is 358 g/mol. The Morgan fingerprint density at radius 2 is 2.11 bits per heavy atom. The Hall–Kier alpha value is -2.34. The molecule has 1 aromatic heterocycles. The van der Waals surface area contributed by atoms with Crippen molar-refractivity contribution in [2.24, 2.45) is 0 Å². The van der Waals surface area contributed by atoms with Crippen molar-refractivity contribution in [3.05, 3.63) is 46.2 Å². The SMILES string of the molecule is CCCCN1CCc2ccc(NC(=O)CCCNC(=O)c3ccsc3)cc21. The highest BCUT2D eigenvalue weighted by Gasteiger charge is 2.19. The average Bonchev–Trinajstić information content (AvgIpc) is 3.33. The predicted molar refractivity (Wildman–Crippen MR) is 112 cm³/mol. The van der Waals surface area contributed by atoms with Gasteiger partial charge in [0.15, 0.2) is 0 Å². The monoisotopic (exact) mass is 385 g/mol. The smallest absolute Gasteiger partial charge is 0.252 e. The third-order valence-electron chi connectivity index (χ3n) is 4.79. The number of anilines is 2. The minimum atomic E-state index is -0.0811. The summed E-state index contributed by atoms with van der Waals surface area (Å²) in [5, 5.41) is 9.53. The fourth-order valence-electron chi connectivity index (χ4n) is 3.27. The maximum Gasteiger partial charge on any atom is 0.252 e. The second-order valence-electron chi connectivity index (χ2n) is 6.85. The minimum absolute atomic E-state index is 0.0159. The molecule has 144 valence electrons. The van der Waals surface area contributed by atoms with Crippen LogP contribution in [0.4, 0.5) is 11.4 Å². The zero-order valence-corrected chi connectivity index (χ0v) is 16.6. The van der Waals surface area contributed by atoms with E-state index in [1.54, 1.807) is 6.07 Å². The van der Waals surface area contributed by atoms with Crippen molar-refractivity contribution in [1.29, 1.82) is 0 Å². The molecule has 0 saturated carbocycles. The number of amides is 2. The Labute approximate surface area is 164 Å². The summed E-state index contributed by atoms with van der Waals surface area (Å²) in [7, 11) is 0. The maximum absolute atomic E-state index is 12.2. The van der Waals surface area contributed by atoms with E-state index in [1.165, 1.54) is 35.4 Å². The summed E-state index contributed by atoms with van der Waals surface area (Å²) in [5.74, 6) is -0.0970. The van der Waals surface area contributed by atoms with Gasteiger partial charge in [0.1, 0.15) is 0 Å². The molecule has 0 fully saturated rings. The van der Waals surface area contributed by atoms with Crippen LogP contribution in [0.3, 0.4) is 0 Å². The zero-order valence-electron chi connectivity index (χ0n) is 15.8. The summed E-state index contributed by atoms with van der Waals surface area (Å²) in [5.41, 5.74) is 4.14. The number of fused-ring (bicyclic) bond motifs is 1. The molecule has 0 unspecified atom stereocenters. The Morgan fingerprint density at radius 3 is 2.89 bits per heavy atom. The van der Waals surface area contributed by atoms with Crippen LogP contribution in [-0.4, -0.2) is 31.4 Å². The topological polar surface area (TPSA) is 61.4 Å². The second kappa shape index (κ2) is 9.55. The van der Waals surface area contributed by atoms with Gasteiger partial charge in [-0.15, -0.1) is 0 Å². The van der Waals surface area contributed by atoms with E-state index in [9.17, 15) is 9.59 Å². The quantitative estimate of drug-likeness (QED) is 0.640. The lowest BCUT2D eigenvalue weighted by Crippen LogP contribution is -2.25. The molecule has 2 N–H and O–H groups in total. The first-order chi connectivity index (χ1) is 13.2. The largest absolute Gasteiger partial charge is 0.371 e. The van der Waals surface area contributed by atoms with Crippen LogP contribution in [0.25, 0.3) is 0 Å². The van der Waals surface area contributed by atoms with Gasteiger partial charge < -0.3 is 15.5 Å². The molecule has 0 bridgehead atoms. The van der Waals surface area contributed by atoms with Crippen molar-refractivity contribution in [2.75, 3.05) is 29.9 Å². The number of rotatable bonds is 9. The van der Waals surface area contributed by atoms with Gasteiger partial charge in [-0.25, -0.2) is 0 Å². The molecule has 0 radical (unpaired) electrons. The fourth-order valence-corrected chi connectivity index (χ4v) is 3.91. The van der Waals surface area contributed by atoms with E-state index in [-0.39, 0.29) is 11.8 Å². The number of carbonyl (C=O) groups excluding carboxylic acids is 2. The first-order valence-corrected chi connectivity index (χ1v) is 10.6. The molecule has 1 aliphatic heterocycles. The van der Waals surface area contributed by atoms with Crippen molar-refractivity contribution >= 4 is 34.5 Å². The fraction of sp³-hybridized carbons (Fsp3) is 0.429. The molecule has 0 atom stereocenters. The van der Waals surface area contributed by atoms with E-state index in [2.05, 4.69) is 34.6 Å². The zero-order chi connectivity index (χ0) is 19.1. The molecule has 2 aromatic rings. The molecule has 1 aliphatic rings. The summed E-state index contributed by atoms with van der Waals surface area (Å²) in [4.78, 5) is 26.5. The molecule has 0 saturated heterocycles. The first-order valence-electron chi connectivity index (χ1n) is 9.65. The van der Waals surface area contributed by atoms with Crippen molar-refractivity contribution in [3.63, 3.8) is 0 Å². The Bertz CT molecular complexity index is 774. The van der Waals surface area contributed by atoms with Crippen LogP contribution in [0.5, 0.6) is 0 Å². The molecule has 0 aliphatic carbocycles. The van der Waals surface area contributed by atoms with E-state index in [0.29, 0.717) is 24.9 Å². The van der Waals surface area contributed by atoms with Gasteiger partial charge in [-0.3, -0.25) is 9.59 Å². The Morgan fingerprint density at radius 1 is 1.22 bits per heavy atom. The van der Waals surface area contributed by atoms with Crippen LogP contribution >= 0.6 is 11.3 Å². The van der Waals surface area contributed by atoms with Gasteiger partial charge in [0.05, 0.1) is 0 Å². The summed E-state index contributed by atoms with van der Waals surface area (Å²) in [6.45, 7) is 4.84. The molecule has 5 nitrogen and oxygen atoms in total. The second-order valence-corrected chi connectivity index (χ2v) is 7.63. The highest BCUT2D eigenvalue weighted by Crippen LogP contribution is 2.31. The van der Waals surface area contributed by atoms with Crippen molar-refractivity contribution in [3.8, 4) is 0 Å². The van der Waals surface area contributed by atoms with Gasteiger partial charge in [-0.05, 0) is 48.4 Å². The molecule has 2 heterocycles. The Kier molecular flexibility index (Phi) is 6.87. The summed E-state index contributed by atoms with van der Waals surface area (Å²) in [6.07, 6.45) is 4.46. The number of benzene rings is 1. The number of carbonyl (C=O) groups is 2. The van der Waals surface area contributed by atoms with Crippen molar-refractivity contribution in [2.45, 2.75) is 39.0 Å². The number of thiophene rings is 1. The minimum Gasteiger partial charge on any atom is -0.371 e. The first kappa shape index (κ1) is 19.4. The van der Waals surface area contributed by atoms with Gasteiger partial charge in [0, 0.05) is 48.4 Å².